The topological polar surface area (TPSA) is 92.2 Å². The Bertz CT molecular complexity index is 1640. The molecule has 1 N–H and O–H groups in total. The van der Waals surface area contributed by atoms with E-state index >= 15 is 0 Å². The predicted molar refractivity (Wildman–Crippen MR) is 185 cm³/mol. The number of hydrogen-bond acceptors (Lipinski definition) is 8. The Balaban J connectivity index is 1.35. The molecule has 2 fully saturated rings. The number of ether oxygens (including phenoxy) is 1. The van der Waals surface area contributed by atoms with Crippen LogP contribution in [0.25, 0.3) is 10.9 Å². The number of rotatable bonds is 8. The number of carbonyl (C=O) groups excluding carboxylic acids is 1. The molecule has 0 spiro atoms. The van der Waals surface area contributed by atoms with E-state index < -0.39 is 8.32 Å². The van der Waals surface area contributed by atoms with Crippen molar-refractivity contribution in [2.24, 2.45) is 7.05 Å². The van der Waals surface area contributed by atoms with Crippen molar-refractivity contribution in [1.29, 1.82) is 0 Å². The van der Waals surface area contributed by atoms with E-state index in [1.165, 1.54) is 6.07 Å². The Morgan fingerprint density at radius 1 is 1.07 bits per heavy atom. The maximum absolute atomic E-state index is 14.6. The van der Waals surface area contributed by atoms with E-state index in [0.717, 1.165) is 22.5 Å². The summed E-state index contributed by atoms with van der Waals surface area (Å²) in [6, 6.07) is 8.48. The fourth-order valence-electron chi connectivity index (χ4n) is 5.86. The van der Waals surface area contributed by atoms with Crippen LogP contribution in [0.15, 0.2) is 35.1 Å². The van der Waals surface area contributed by atoms with Crippen LogP contribution in [0.4, 0.5) is 21.7 Å². The molecule has 2 aromatic carbocycles. The second-order valence-electron chi connectivity index (χ2n) is 14.1. The lowest BCUT2D eigenvalue weighted by Crippen LogP contribution is -2.51. The zero-order valence-corrected chi connectivity index (χ0v) is 29.6. The van der Waals surface area contributed by atoms with Crippen LogP contribution in [-0.2, 0) is 21.0 Å². The molecule has 0 bridgehead atoms. The molecule has 3 heterocycles. The van der Waals surface area contributed by atoms with Crippen molar-refractivity contribution in [2.75, 3.05) is 74.2 Å². The van der Waals surface area contributed by atoms with Crippen LogP contribution in [0.3, 0.4) is 0 Å². The lowest BCUT2D eigenvalue weighted by molar-refractivity contribution is -0.134. The molecule has 0 unspecified atom stereocenters. The Morgan fingerprint density at radius 2 is 1.74 bits per heavy atom. The average Bonchev–Trinajstić information content (AvgIpc) is 3.02. The Labute approximate surface area is 272 Å². The van der Waals surface area contributed by atoms with E-state index in [-0.39, 0.29) is 35.0 Å². The zero-order valence-electron chi connectivity index (χ0n) is 28.6. The van der Waals surface area contributed by atoms with Gasteiger partial charge in [0, 0.05) is 51.9 Å². The van der Waals surface area contributed by atoms with Crippen LogP contribution < -0.4 is 20.7 Å². The zero-order chi connectivity index (χ0) is 33.4. The molecule has 0 radical (unpaired) electrons. The first-order chi connectivity index (χ1) is 21.7. The highest BCUT2D eigenvalue weighted by Gasteiger charge is 2.38. The Kier molecular flexibility index (Phi) is 9.81. The number of nitrogens with zero attached hydrogens (tertiary/aromatic N) is 5. The van der Waals surface area contributed by atoms with Gasteiger partial charge in [-0.15, -0.1) is 0 Å². The summed E-state index contributed by atoms with van der Waals surface area (Å²) >= 11 is 0. The van der Waals surface area contributed by atoms with Gasteiger partial charge in [0.25, 0.3) is 5.56 Å². The third kappa shape index (κ3) is 7.08. The average molecular weight is 653 g/mol. The van der Waals surface area contributed by atoms with Gasteiger partial charge in [-0.2, -0.15) is 0 Å². The number of anilines is 3. The maximum atomic E-state index is 14.6. The first-order valence-corrected chi connectivity index (χ1v) is 19.1. The van der Waals surface area contributed by atoms with Gasteiger partial charge >= 0.3 is 0 Å². The molecule has 1 aromatic heterocycles. The van der Waals surface area contributed by atoms with Gasteiger partial charge in [0.05, 0.1) is 41.5 Å². The molecule has 1 amide bonds. The van der Waals surface area contributed by atoms with Gasteiger partial charge in [-0.3, -0.25) is 14.2 Å². The summed E-state index contributed by atoms with van der Waals surface area (Å²) in [6.07, 6.45) is 0. The molecule has 2 saturated heterocycles. The number of aryl methyl sites for hydroxylation is 1. The Morgan fingerprint density at radius 3 is 2.39 bits per heavy atom. The maximum Gasteiger partial charge on any atom is 0.262 e. The SMILES string of the molecule is Cc1cc([C@@H](C)Nc2ccc(F)cc2N2CCN(C(=O)CO[Si](C)(C)C(C)(C)C)CC2)c2nc(N3CCOCC3)n(C)c(=O)c2c1. The molecule has 2 aliphatic heterocycles. The number of halogens is 1. The van der Waals surface area contributed by atoms with Gasteiger partial charge in [-0.1, -0.05) is 26.8 Å². The number of benzene rings is 2. The Hall–Kier alpha value is -3.48. The minimum absolute atomic E-state index is 0.00268. The molecule has 3 aromatic rings. The molecular weight excluding hydrogens is 603 g/mol. The molecule has 10 nitrogen and oxygen atoms in total. The number of amides is 1. The van der Waals surface area contributed by atoms with Crippen LogP contribution in [-0.4, -0.2) is 87.8 Å². The van der Waals surface area contributed by atoms with Crippen LogP contribution in [0.5, 0.6) is 0 Å². The van der Waals surface area contributed by atoms with Crippen molar-refractivity contribution in [3.8, 4) is 0 Å². The summed E-state index contributed by atoms with van der Waals surface area (Å²) in [5.41, 5.74) is 3.95. The van der Waals surface area contributed by atoms with Crippen LogP contribution in [0.1, 0.15) is 44.9 Å². The van der Waals surface area contributed by atoms with Crippen molar-refractivity contribution < 1.29 is 18.3 Å². The van der Waals surface area contributed by atoms with Crippen molar-refractivity contribution in [2.45, 2.75) is 58.8 Å². The number of hydrogen-bond donors (Lipinski definition) is 1. The minimum Gasteiger partial charge on any atom is -0.408 e. The third-order valence-corrected chi connectivity index (χ3v) is 14.2. The number of carbonyl (C=O) groups is 1. The number of nitrogens with one attached hydrogen (secondary N) is 1. The van der Waals surface area contributed by atoms with E-state index in [2.05, 4.69) is 55.0 Å². The van der Waals surface area contributed by atoms with Gasteiger partial charge in [-0.05, 0) is 61.8 Å². The summed E-state index contributed by atoms with van der Waals surface area (Å²) in [7, 11) is -0.266. The van der Waals surface area contributed by atoms with Gasteiger partial charge in [0.15, 0.2) is 8.32 Å². The highest BCUT2D eigenvalue weighted by atomic mass is 28.4. The van der Waals surface area contributed by atoms with Gasteiger partial charge < -0.3 is 29.2 Å². The van der Waals surface area contributed by atoms with E-state index in [0.29, 0.717) is 69.3 Å². The number of morpholine rings is 1. The summed E-state index contributed by atoms with van der Waals surface area (Å²) in [4.78, 5) is 37.7. The molecule has 250 valence electrons. The largest absolute Gasteiger partial charge is 0.408 e. The van der Waals surface area contributed by atoms with E-state index in [9.17, 15) is 14.0 Å². The highest BCUT2D eigenvalue weighted by Crippen LogP contribution is 2.37. The summed E-state index contributed by atoms with van der Waals surface area (Å²) in [5, 5.41) is 4.20. The standard InChI is InChI=1S/C34H49FN6O4Si/c1-23-19-26(31-27(20-23)32(43)38(6)33(37-31)41-15-17-44-18-16-41)24(2)36-28-10-9-25(35)21-29(28)39-11-13-40(14-12-39)30(42)22-45-46(7,8)34(3,4)5/h9-10,19-21,24,36H,11-18,22H2,1-8H3/t24-/m1/s1. The normalized spacial score (nSPS) is 17.0. The quantitative estimate of drug-likeness (QED) is 0.338. The molecule has 46 heavy (non-hydrogen) atoms. The lowest BCUT2D eigenvalue weighted by Gasteiger charge is -2.39. The molecule has 12 heteroatoms. The number of piperazine rings is 1. The molecule has 2 aliphatic rings. The first kappa shape index (κ1) is 33.9. The third-order valence-electron chi connectivity index (χ3n) is 9.76. The summed E-state index contributed by atoms with van der Waals surface area (Å²) in [6.45, 7) is 19.6. The monoisotopic (exact) mass is 652 g/mol. The van der Waals surface area contributed by atoms with Gasteiger partial charge in [0.1, 0.15) is 12.4 Å². The fourth-order valence-corrected chi connectivity index (χ4v) is 6.78. The van der Waals surface area contributed by atoms with Crippen molar-refractivity contribution in [3.63, 3.8) is 0 Å². The first-order valence-electron chi connectivity index (χ1n) is 16.2. The smallest absolute Gasteiger partial charge is 0.262 e. The predicted octanol–water partition coefficient (Wildman–Crippen LogP) is 5.06. The van der Waals surface area contributed by atoms with Crippen LogP contribution in [0.2, 0.25) is 18.1 Å². The van der Waals surface area contributed by atoms with Crippen molar-refractivity contribution in [3.05, 3.63) is 57.6 Å². The van der Waals surface area contributed by atoms with Gasteiger partial charge in [-0.25, -0.2) is 9.37 Å². The number of fused-ring (bicyclic) bond motifs is 1. The molecular formula is C34H49FN6O4Si. The second kappa shape index (κ2) is 13.3. The molecule has 0 saturated carbocycles. The van der Waals surface area contributed by atoms with E-state index in [4.69, 9.17) is 14.1 Å². The second-order valence-corrected chi connectivity index (χ2v) is 18.9. The molecule has 1 atom stereocenters. The van der Waals surface area contributed by atoms with E-state index in [1.54, 1.807) is 23.7 Å². The lowest BCUT2D eigenvalue weighted by atomic mass is 10.0. The fraction of sp³-hybridized carbons (Fsp3) is 0.559. The molecule has 5 rings (SSSR count). The van der Waals surface area contributed by atoms with Crippen LogP contribution in [0, 0.1) is 12.7 Å². The highest BCUT2D eigenvalue weighted by molar-refractivity contribution is 6.74. The van der Waals surface area contributed by atoms with E-state index in [1.807, 2.05) is 24.8 Å². The molecule has 0 aliphatic carbocycles. The summed E-state index contributed by atoms with van der Waals surface area (Å²) in [5.74, 6) is 0.301. The number of aromatic nitrogens is 2. The van der Waals surface area contributed by atoms with Crippen molar-refractivity contribution >= 4 is 42.5 Å². The summed E-state index contributed by atoms with van der Waals surface area (Å²) < 4.78 is 28.0. The minimum atomic E-state index is -2.03. The van der Waals surface area contributed by atoms with Crippen LogP contribution >= 0.6 is 0 Å². The van der Waals surface area contributed by atoms with Crippen molar-refractivity contribution in [1.82, 2.24) is 14.5 Å². The van der Waals surface area contributed by atoms with Gasteiger partial charge in [0.2, 0.25) is 11.9 Å².